The van der Waals surface area contributed by atoms with Gasteiger partial charge in [0.25, 0.3) is 11.8 Å². The molecule has 35 heavy (non-hydrogen) atoms. The molecule has 3 aromatic rings. The molecule has 7 nitrogen and oxygen atoms in total. The van der Waals surface area contributed by atoms with Crippen LogP contribution in [-0.2, 0) is 11.3 Å². The molecule has 0 spiro atoms. The van der Waals surface area contributed by atoms with E-state index in [0.717, 1.165) is 12.0 Å². The summed E-state index contributed by atoms with van der Waals surface area (Å²) in [4.78, 5) is 42.5. The van der Waals surface area contributed by atoms with Gasteiger partial charge in [-0.1, -0.05) is 24.3 Å². The summed E-state index contributed by atoms with van der Waals surface area (Å²) in [5.41, 5.74) is 2.65. The number of ether oxygens (including phenoxy) is 1. The minimum Gasteiger partial charge on any atom is -0.494 e. The lowest BCUT2D eigenvalue weighted by Gasteiger charge is -2.26. The first-order valence-corrected chi connectivity index (χ1v) is 11.4. The van der Waals surface area contributed by atoms with Crippen LogP contribution in [0.25, 0.3) is 0 Å². The standard InChI is InChI=1S/C27H24FN3O4/c1-35-24-13-12-19(15-21(24)28)29-25(32)18-10-8-17(9-11-18)16-31-22-6-3-2-5-20(22)26(33)30-14-4-7-23(30)27(31)34/h2-3,5-6,8-13,15,23H,4,7,14,16H2,1H3,(H,29,32). The van der Waals surface area contributed by atoms with Gasteiger partial charge in [0.15, 0.2) is 11.6 Å². The summed E-state index contributed by atoms with van der Waals surface area (Å²) < 4.78 is 18.8. The molecule has 1 N–H and O–H groups in total. The molecule has 0 aliphatic carbocycles. The largest absolute Gasteiger partial charge is 0.494 e. The maximum atomic E-state index is 13.9. The molecule has 2 heterocycles. The summed E-state index contributed by atoms with van der Waals surface area (Å²) in [7, 11) is 1.37. The minimum atomic E-state index is -0.567. The number of methoxy groups -OCH3 is 1. The summed E-state index contributed by atoms with van der Waals surface area (Å²) in [5, 5.41) is 2.67. The summed E-state index contributed by atoms with van der Waals surface area (Å²) in [6.07, 6.45) is 1.46. The van der Waals surface area contributed by atoms with Crippen LogP contribution in [0, 0.1) is 5.82 Å². The first kappa shape index (κ1) is 22.6. The van der Waals surface area contributed by atoms with E-state index in [1.165, 1.54) is 19.2 Å². The zero-order valence-electron chi connectivity index (χ0n) is 19.2. The van der Waals surface area contributed by atoms with E-state index >= 15 is 0 Å². The van der Waals surface area contributed by atoms with Crippen LogP contribution < -0.4 is 15.0 Å². The summed E-state index contributed by atoms with van der Waals surface area (Å²) in [6, 6.07) is 17.8. The quantitative estimate of drug-likeness (QED) is 0.601. The lowest BCUT2D eigenvalue weighted by Crippen LogP contribution is -2.44. The van der Waals surface area contributed by atoms with Gasteiger partial charge in [0.1, 0.15) is 6.04 Å². The molecule has 1 unspecified atom stereocenters. The van der Waals surface area contributed by atoms with Crippen molar-refractivity contribution in [1.29, 1.82) is 0 Å². The molecule has 5 rings (SSSR count). The van der Waals surface area contributed by atoms with Gasteiger partial charge in [-0.05, 0) is 54.8 Å². The van der Waals surface area contributed by atoms with Gasteiger partial charge in [-0.2, -0.15) is 0 Å². The second-order valence-corrected chi connectivity index (χ2v) is 8.60. The van der Waals surface area contributed by atoms with Crippen molar-refractivity contribution < 1.29 is 23.5 Å². The zero-order valence-corrected chi connectivity index (χ0v) is 19.2. The smallest absolute Gasteiger partial charge is 0.256 e. The minimum absolute atomic E-state index is 0.0934. The Hall–Kier alpha value is -4.20. The maximum absolute atomic E-state index is 13.9. The monoisotopic (exact) mass is 473 g/mol. The van der Waals surface area contributed by atoms with Crippen molar-refractivity contribution in [2.75, 3.05) is 23.9 Å². The highest BCUT2D eigenvalue weighted by Gasteiger charge is 2.41. The Morgan fingerprint density at radius 2 is 1.86 bits per heavy atom. The second kappa shape index (κ2) is 9.21. The summed E-state index contributed by atoms with van der Waals surface area (Å²) >= 11 is 0. The van der Waals surface area contributed by atoms with Gasteiger partial charge in [0.2, 0.25) is 5.91 Å². The van der Waals surface area contributed by atoms with Crippen molar-refractivity contribution in [1.82, 2.24) is 4.90 Å². The molecule has 1 fully saturated rings. The number of amides is 3. The molecule has 3 amide bonds. The summed E-state index contributed by atoms with van der Waals surface area (Å²) in [5.74, 6) is -1.06. The lowest BCUT2D eigenvalue weighted by atomic mass is 10.1. The van der Waals surface area contributed by atoms with E-state index in [9.17, 15) is 18.8 Å². The molecule has 0 radical (unpaired) electrons. The van der Waals surface area contributed by atoms with Crippen molar-refractivity contribution >= 4 is 29.1 Å². The first-order chi connectivity index (χ1) is 17.0. The van der Waals surface area contributed by atoms with E-state index < -0.39 is 11.9 Å². The van der Waals surface area contributed by atoms with Crippen LogP contribution in [0.15, 0.2) is 66.7 Å². The Balaban J connectivity index is 1.35. The Morgan fingerprint density at radius 3 is 2.60 bits per heavy atom. The van der Waals surface area contributed by atoms with Gasteiger partial charge < -0.3 is 19.9 Å². The van der Waals surface area contributed by atoms with Gasteiger partial charge in [0, 0.05) is 23.9 Å². The molecule has 1 saturated heterocycles. The van der Waals surface area contributed by atoms with E-state index in [4.69, 9.17) is 4.74 Å². The topological polar surface area (TPSA) is 79.0 Å². The Labute approximate surface area is 202 Å². The van der Waals surface area contributed by atoms with E-state index in [0.29, 0.717) is 35.5 Å². The van der Waals surface area contributed by atoms with Crippen LogP contribution in [-0.4, -0.2) is 42.3 Å². The SMILES string of the molecule is COc1ccc(NC(=O)c2ccc(CN3C(=O)C4CCCN4C(=O)c4ccccc43)cc2)cc1F. The molecule has 0 aromatic heterocycles. The fraction of sp³-hybridized carbons (Fsp3) is 0.222. The van der Waals surface area contributed by atoms with Gasteiger partial charge in [-0.3, -0.25) is 14.4 Å². The van der Waals surface area contributed by atoms with Gasteiger partial charge in [0.05, 0.1) is 24.9 Å². The van der Waals surface area contributed by atoms with Gasteiger partial charge >= 0.3 is 0 Å². The molecule has 2 aliphatic heterocycles. The van der Waals surface area contributed by atoms with E-state index in [1.807, 2.05) is 6.07 Å². The van der Waals surface area contributed by atoms with Crippen LogP contribution in [0.5, 0.6) is 5.75 Å². The number of halogens is 1. The third-order valence-electron chi connectivity index (χ3n) is 6.46. The molecular weight excluding hydrogens is 449 g/mol. The Morgan fingerprint density at radius 1 is 1.09 bits per heavy atom. The third-order valence-corrected chi connectivity index (χ3v) is 6.46. The predicted molar refractivity (Wildman–Crippen MR) is 129 cm³/mol. The number of hydrogen-bond acceptors (Lipinski definition) is 4. The van der Waals surface area contributed by atoms with Crippen LogP contribution in [0.4, 0.5) is 15.8 Å². The van der Waals surface area contributed by atoms with Crippen LogP contribution in [0.3, 0.4) is 0 Å². The van der Waals surface area contributed by atoms with Crippen molar-refractivity contribution in [3.63, 3.8) is 0 Å². The number of anilines is 2. The van der Waals surface area contributed by atoms with Crippen LogP contribution >= 0.6 is 0 Å². The number of nitrogens with one attached hydrogen (secondary N) is 1. The molecule has 1 atom stereocenters. The highest BCUT2D eigenvalue weighted by Crippen LogP contribution is 2.33. The predicted octanol–water partition coefficient (Wildman–Crippen LogP) is 4.24. The maximum Gasteiger partial charge on any atom is 0.256 e. The van der Waals surface area contributed by atoms with Gasteiger partial charge in [-0.25, -0.2) is 4.39 Å². The lowest BCUT2D eigenvalue weighted by molar-refractivity contribution is -0.122. The number of carbonyl (C=O) groups is 3. The number of hydrogen-bond donors (Lipinski definition) is 1. The molecular formula is C27H24FN3O4. The average molecular weight is 474 g/mol. The van der Waals surface area contributed by atoms with E-state index in [2.05, 4.69) is 5.32 Å². The highest BCUT2D eigenvalue weighted by molar-refractivity contribution is 6.11. The Bertz CT molecular complexity index is 1310. The van der Waals surface area contributed by atoms with Crippen LogP contribution in [0.2, 0.25) is 0 Å². The number of benzene rings is 3. The third kappa shape index (κ3) is 4.23. The number of rotatable bonds is 5. The normalized spacial score (nSPS) is 17.0. The number of fused-ring (bicyclic) bond motifs is 2. The average Bonchev–Trinajstić information content (AvgIpc) is 3.34. The molecule has 8 heteroatoms. The van der Waals surface area contributed by atoms with E-state index in [-0.39, 0.29) is 30.0 Å². The fourth-order valence-electron chi connectivity index (χ4n) is 4.66. The summed E-state index contributed by atoms with van der Waals surface area (Å²) in [6.45, 7) is 0.859. The highest BCUT2D eigenvalue weighted by atomic mass is 19.1. The van der Waals surface area contributed by atoms with Gasteiger partial charge in [-0.15, -0.1) is 0 Å². The number of nitrogens with zero attached hydrogens (tertiary/aromatic N) is 2. The molecule has 2 aliphatic rings. The van der Waals surface area contributed by atoms with Crippen molar-refractivity contribution in [3.8, 4) is 5.75 Å². The molecule has 0 saturated carbocycles. The molecule has 178 valence electrons. The fourth-order valence-corrected chi connectivity index (χ4v) is 4.66. The Kier molecular flexibility index (Phi) is 5.94. The van der Waals surface area contributed by atoms with Crippen molar-refractivity contribution in [2.24, 2.45) is 0 Å². The first-order valence-electron chi connectivity index (χ1n) is 11.4. The number of para-hydroxylation sites is 1. The van der Waals surface area contributed by atoms with Crippen molar-refractivity contribution in [3.05, 3.63) is 89.2 Å². The van der Waals surface area contributed by atoms with E-state index in [1.54, 1.807) is 58.3 Å². The number of carbonyl (C=O) groups excluding carboxylic acids is 3. The zero-order chi connectivity index (χ0) is 24.5. The molecule has 0 bridgehead atoms. The molecule has 3 aromatic carbocycles. The van der Waals surface area contributed by atoms with Crippen molar-refractivity contribution in [2.45, 2.75) is 25.4 Å². The van der Waals surface area contributed by atoms with Crippen LogP contribution in [0.1, 0.15) is 39.1 Å². The second-order valence-electron chi connectivity index (χ2n) is 8.60.